The molecular formula is C15H28BN5O3. The van der Waals surface area contributed by atoms with Crippen LogP contribution >= 0.6 is 0 Å². The Morgan fingerprint density at radius 1 is 1.50 bits per heavy atom. The second kappa shape index (κ2) is 11.2. The average molecular weight is 337 g/mol. The van der Waals surface area contributed by atoms with E-state index >= 15 is 0 Å². The van der Waals surface area contributed by atoms with E-state index in [1.54, 1.807) is 0 Å². The lowest BCUT2D eigenvalue weighted by Crippen LogP contribution is -2.58. The molecule has 24 heavy (non-hydrogen) atoms. The Balaban J connectivity index is 2.82. The Hall–Kier alpha value is -1.36. The standard InChI is InChI=1S/C15H28BN5O3/c1-13(11-17)9-15(24-18,20-19-12-16(22)21-23)10-14-7-5-3-2-4-6-8-14/h2-5,8,13,19-20,22H,6-7,9-12,17-18H2,1H3/b4-2?,5-3?,14-8+. The molecule has 0 aromatic carbocycles. The minimum Gasteiger partial charge on any atom is -0.428 e. The Morgan fingerprint density at radius 3 is 2.92 bits per heavy atom. The first-order valence-electron chi connectivity index (χ1n) is 8.13. The molecule has 1 aliphatic carbocycles. The van der Waals surface area contributed by atoms with Crippen molar-refractivity contribution in [3.63, 3.8) is 0 Å². The minimum absolute atomic E-state index is 0.0483. The van der Waals surface area contributed by atoms with Gasteiger partial charge in [0.1, 0.15) is 0 Å². The molecule has 1 rings (SSSR count). The van der Waals surface area contributed by atoms with Gasteiger partial charge in [-0.1, -0.05) is 48.0 Å². The molecule has 7 N–H and O–H groups in total. The van der Waals surface area contributed by atoms with E-state index in [2.05, 4.69) is 34.2 Å². The van der Waals surface area contributed by atoms with Gasteiger partial charge in [-0.2, -0.15) is 4.91 Å². The van der Waals surface area contributed by atoms with Crippen LogP contribution in [0.5, 0.6) is 0 Å². The van der Waals surface area contributed by atoms with Crippen LogP contribution in [0.4, 0.5) is 0 Å². The largest absolute Gasteiger partial charge is 0.499 e. The zero-order valence-corrected chi connectivity index (χ0v) is 14.1. The summed E-state index contributed by atoms with van der Waals surface area (Å²) in [6.45, 7) is 2.50. The Labute approximate surface area is 143 Å². The molecule has 0 aliphatic heterocycles. The molecule has 0 aromatic heterocycles. The fourth-order valence-electron chi connectivity index (χ4n) is 2.56. The van der Waals surface area contributed by atoms with Gasteiger partial charge in [0.2, 0.25) is 0 Å². The summed E-state index contributed by atoms with van der Waals surface area (Å²) in [4.78, 5) is 15.6. The average Bonchev–Trinajstić information content (AvgIpc) is 2.56. The highest BCUT2D eigenvalue weighted by Crippen LogP contribution is 2.27. The summed E-state index contributed by atoms with van der Waals surface area (Å²) in [7, 11) is -1.34. The van der Waals surface area contributed by atoms with Crippen LogP contribution in [0.1, 0.15) is 32.6 Å². The molecule has 0 amide bonds. The van der Waals surface area contributed by atoms with E-state index in [1.807, 2.05) is 19.1 Å². The molecule has 0 spiro atoms. The van der Waals surface area contributed by atoms with Crippen LogP contribution in [0.25, 0.3) is 0 Å². The maximum Gasteiger partial charge on any atom is 0.499 e. The van der Waals surface area contributed by atoms with Crippen molar-refractivity contribution in [2.75, 3.05) is 13.0 Å². The van der Waals surface area contributed by atoms with Crippen molar-refractivity contribution < 1.29 is 9.86 Å². The van der Waals surface area contributed by atoms with Gasteiger partial charge >= 0.3 is 7.05 Å². The van der Waals surface area contributed by atoms with Gasteiger partial charge in [0.15, 0.2) is 5.72 Å². The van der Waals surface area contributed by atoms with Crippen LogP contribution in [0.15, 0.2) is 41.0 Å². The summed E-state index contributed by atoms with van der Waals surface area (Å²) in [5.41, 5.74) is 11.8. The highest BCUT2D eigenvalue weighted by Gasteiger charge is 2.33. The van der Waals surface area contributed by atoms with E-state index in [0.717, 1.165) is 12.8 Å². The van der Waals surface area contributed by atoms with Gasteiger partial charge in [-0.25, -0.2) is 11.3 Å². The zero-order valence-electron chi connectivity index (χ0n) is 14.1. The third-order valence-corrected chi connectivity index (χ3v) is 3.85. The van der Waals surface area contributed by atoms with Gasteiger partial charge < -0.3 is 10.8 Å². The Bertz CT molecular complexity index is 472. The number of rotatable bonds is 11. The monoisotopic (exact) mass is 337 g/mol. The number of nitrogens with zero attached hydrogens (tertiary/aromatic N) is 1. The quantitative estimate of drug-likeness (QED) is 0.123. The van der Waals surface area contributed by atoms with E-state index in [1.165, 1.54) is 5.57 Å². The van der Waals surface area contributed by atoms with E-state index in [-0.39, 0.29) is 12.4 Å². The third-order valence-electron chi connectivity index (χ3n) is 3.85. The first kappa shape index (κ1) is 20.7. The van der Waals surface area contributed by atoms with Crippen LogP contribution in [0.3, 0.4) is 0 Å². The maximum absolute atomic E-state index is 10.3. The number of hydrazine groups is 1. The minimum atomic E-state index is -1.34. The van der Waals surface area contributed by atoms with Gasteiger partial charge in [-0.05, 0) is 31.7 Å². The van der Waals surface area contributed by atoms with Gasteiger partial charge in [-0.15, -0.1) is 0 Å². The van der Waals surface area contributed by atoms with Crippen molar-refractivity contribution in [1.29, 1.82) is 0 Å². The highest BCUT2D eigenvalue weighted by molar-refractivity contribution is 6.48. The van der Waals surface area contributed by atoms with Crippen molar-refractivity contribution in [3.05, 3.63) is 40.9 Å². The summed E-state index contributed by atoms with van der Waals surface area (Å²) < 4.78 is 0. The summed E-state index contributed by atoms with van der Waals surface area (Å²) in [5, 5.41) is 11.8. The van der Waals surface area contributed by atoms with Crippen LogP contribution in [-0.2, 0) is 4.84 Å². The van der Waals surface area contributed by atoms with Gasteiger partial charge in [0.25, 0.3) is 0 Å². The molecule has 134 valence electrons. The molecule has 0 saturated carbocycles. The predicted octanol–water partition coefficient (Wildman–Crippen LogP) is 0.661. The van der Waals surface area contributed by atoms with Crippen LogP contribution in [0, 0.1) is 10.8 Å². The topological polar surface area (TPSA) is 135 Å². The molecule has 2 unspecified atom stereocenters. The van der Waals surface area contributed by atoms with E-state index in [4.69, 9.17) is 16.5 Å². The fourth-order valence-corrected chi connectivity index (χ4v) is 2.56. The predicted molar refractivity (Wildman–Crippen MR) is 96.0 cm³/mol. The molecule has 1 aliphatic rings. The summed E-state index contributed by atoms with van der Waals surface area (Å²) >= 11 is 0. The van der Waals surface area contributed by atoms with Crippen LogP contribution in [0.2, 0.25) is 0 Å². The van der Waals surface area contributed by atoms with Crippen LogP contribution < -0.4 is 22.5 Å². The van der Waals surface area contributed by atoms with Gasteiger partial charge in [-0.3, -0.25) is 10.3 Å². The summed E-state index contributed by atoms with van der Waals surface area (Å²) in [5.74, 6) is 5.77. The normalized spacial score (nSPS) is 20.4. The number of nitrogens with two attached hydrogens (primary N) is 2. The number of nitrogens with one attached hydrogen (secondary N) is 2. The smallest absolute Gasteiger partial charge is 0.428 e. The Morgan fingerprint density at radius 2 is 2.25 bits per heavy atom. The van der Waals surface area contributed by atoms with E-state index in [0.29, 0.717) is 19.4 Å². The second-order valence-electron chi connectivity index (χ2n) is 6.08. The van der Waals surface area contributed by atoms with Crippen molar-refractivity contribution in [3.8, 4) is 0 Å². The summed E-state index contributed by atoms with van der Waals surface area (Å²) in [6.07, 6.45) is 13.0. The Kier molecular flexibility index (Phi) is 9.69. The lowest BCUT2D eigenvalue weighted by atomic mass is 9.87. The molecule has 0 heterocycles. The van der Waals surface area contributed by atoms with E-state index < -0.39 is 12.8 Å². The fraction of sp³-hybridized carbons (Fsp3) is 0.600. The summed E-state index contributed by atoms with van der Waals surface area (Å²) in [6, 6.07) is 0. The molecule has 0 fully saturated rings. The first-order valence-corrected chi connectivity index (χ1v) is 8.13. The molecule has 0 aromatic rings. The van der Waals surface area contributed by atoms with Crippen molar-refractivity contribution in [1.82, 2.24) is 10.9 Å². The molecule has 2 atom stereocenters. The second-order valence-corrected chi connectivity index (χ2v) is 6.08. The lowest BCUT2D eigenvalue weighted by molar-refractivity contribution is -0.0960. The molecular weight excluding hydrogens is 309 g/mol. The molecule has 0 bridgehead atoms. The van der Waals surface area contributed by atoms with E-state index in [9.17, 15) is 9.93 Å². The number of hydrogen-bond donors (Lipinski definition) is 5. The van der Waals surface area contributed by atoms with Crippen molar-refractivity contribution >= 4 is 7.05 Å². The molecule has 0 radical (unpaired) electrons. The van der Waals surface area contributed by atoms with Gasteiger partial charge in [0.05, 0.1) is 0 Å². The third kappa shape index (κ3) is 7.48. The maximum atomic E-state index is 10.3. The number of nitroso groups, excluding NO2 is 1. The van der Waals surface area contributed by atoms with Crippen molar-refractivity contribution in [2.24, 2.45) is 22.6 Å². The SMILES string of the molecule is CC(CN)CC(C/C1=C/CC=CC=CC1)(NNCB(O)N=O)ON. The highest BCUT2D eigenvalue weighted by atomic mass is 16.6. The number of hydrogen-bond acceptors (Lipinski definition) is 8. The van der Waals surface area contributed by atoms with Gasteiger partial charge in [0, 0.05) is 12.9 Å². The molecule has 9 heteroatoms. The van der Waals surface area contributed by atoms with Crippen molar-refractivity contribution in [2.45, 2.75) is 38.3 Å². The van der Waals surface area contributed by atoms with Crippen LogP contribution in [-0.4, -0.2) is 30.8 Å². The number of allylic oxidation sites excluding steroid dienone is 5. The molecule has 8 nitrogen and oxygen atoms in total. The first-order chi connectivity index (χ1) is 11.5. The molecule has 0 saturated heterocycles. The lowest BCUT2D eigenvalue weighted by Gasteiger charge is -2.35. The zero-order chi connectivity index (χ0) is 17.8.